The van der Waals surface area contributed by atoms with Crippen molar-refractivity contribution < 1.29 is 12.9 Å². The Kier molecular flexibility index (Phi) is 5.29. The van der Waals surface area contributed by atoms with E-state index in [-0.39, 0.29) is 17.3 Å². The molecule has 2 aromatic rings. The van der Waals surface area contributed by atoms with Crippen LogP contribution in [0.15, 0.2) is 34.0 Å². The Labute approximate surface area is 127 Å². The molecule has 9 heteroatoms. The van der Waals surface area contributed by atoms with Gasteiger partial charge in [0.15, 0.2) is 5.82 Å². The van der Waals surface area contributed by atoms with Crippen molar-refractivity contribution in [2.24, 2.45) is 0 Å². The molecule has 0 fully saturated rings. The highest BCUT2D eigenvalue weighted by atomic mass is 35.5. The first-order chi connectivity index (χ1) is 10.0. The standard InChI is InChI=1S/C12H15ClN4O3S/c1-2-14-6-9-3-4-10(5-11(9)13)21(18,19)16-7-12-15-8-20-17-12/h3-5,8,14,16H,2,6-7H2,1H3. The van der Waals surface area contributed by atoms with Crippen molar-refractivity contribution in [3.05, 3.63) is 41.0 Å². The Bertz CT molecular complexity index is 689. The van der Waals surface area contributed by atoms with Gasteiger partial charge in [0.05, 0.1) is 11.4 Å². The van der Waals surface area contributed by atoms with Gasteiger partial charge in [0.25, 0.3) is 0 Å². The van der Waals surface area contributed by atoms with Gasteiger partial charge in [-0.25, -0.2) is 13.1 Å². The van der Waals surface area contributed by atoms with E-state index in [0.29, 0.717) is 11.6 Å². The first-order valence-corrected chi connectivity index (χ1v) is 8.13. The summed E-state index contributed by atoms with van der Waals surface area (Å²) in [7, 11) is -3.67. The fraction of sp³-hybridized carbons (Fsp3) is 0.333. The number of halogens is 1. The van der Waals surface area contributed by atoms with Crippen LogP contribution in [0.5, 0.6) is 0 Å². The van der Waals surface area contributed by atoms with E-state index in [1.165, 1.54) is 12.1 Å². The van der Waals surface area contributed by atoms with Gasteiger partial charge >= 0.3 is 0 Å². The predicted octanol–water partition coefficient (Wildman–Crippen LogP) is 1.31. The van der Waals surface area contributed by atoms with Gasteiger partial charge in [-0.2, -0.15) is 4.98 Å². The zero-order chi connectivity index (χ0) is 15.3. The van der Waals surface area contributed by atoms with Gasteiger partial charge in [-0.15, -0.1) is 0 Å². The van der Waals surface area contributed by atoms with E-state index >= 15 is 0 Å². The summed E-state index contributed by atoms with van der Waals surface area (Å²) in [6, 6.07) is 4.62. The predicted molar refractivity (Wildman–Crippen MR) is 77.2 cm³/mol. The number of hydrogen-bond donors (Lipinski definition) is 2. The molecule has 7 nitrogen and oxygen atoms in total. The van der Waals surface area contributed by atoms with E-state index < -0.39 is 10.0 Å². The van der Waals surface area contributed by atoms with Crippen molar-refractivity contribution >= 4 is 21.6 Å². The molecule has 0 atom stereocenters. The second-order valence-corrected chi connectivity index (χ2v) is 6.38. The molecule has 1 aromatic carbocycles. The molecule has 114 valence electrons. The lowest BCUT2D eigenvalue weighted by Crippen LogP contribution is -2.24. The molecule has 2 rings (SSSR count). The second-order valence-electron chi connectivity index (χ2n) is 4.21. The van der Waals surface area contributed by atoms with Crippen LogP contribution in [0.25, 0.3) is 0 Å². The van der Waals surface area contributed by atoms with Crippen molar-refractivity contribution in [3.8, 4) is 0 Å². The number of benzene rings is 1. The van der Waals surface area contributed by atoms with E-state index in [2.05, 4.69) is 24.7 Å². The zero-order valence-corrected chi connectivity index (χ0v) is 12.9. The molecule has 0 bridgehead atoms. The highest BCUT2D eigenvalue weighted by molar-refractivity contribution is 7.89. The minimum Gasteiger partial charge on any atom is -0.343 e. The Morgan fingerprint density at radius 1 is 1.33 bits per heavy atom. The van der Waals surface area contributed by atoms with Crippen molar-refractivity contribution in [3.63, 3.8) is 0 Å². The molecule has 0 saturated carbocycles. The molecule has 0 aliphatic carbocycles. The number of nitrogens with zero attached hydrogens (tertiary/aromatic N) is 2. The minimum atomic E-state index is -3.67. The quantitative estimate of drug-likeness (QED) is 0.794. The largest absolute Gasteiger partial charge is 0.343 e. The fourth-order valence-corrected chi connectivity index (χ4v) is 2.93. The molecular formula is C12H15ClN4O3S. The maximum absolute atomic E-state index is 12.1. The molecule has 1 aromatic heterocycles. The van der Waals surface area contributed by atoms with Crippen LogP contribution in [0.1, 0.15) is 18.3 Å². The Balaban J connectivity index is 2.10. The summed E-state index contributed by atoms with van der Waals surface area (Å²) in [6.07, 6.45) is 1.13. The van der Waals surface area contributed by atoms with Gasteiger partial charge in [-0.1, -0.05) is 29.7 Å². The summed E-state index contributed by atoms with van der Waals surface area (Å²) in [6.45, 7) is 3.33. The highest BCUT2D eigenvalue weighted by Gasteiger charge is 2.16. The summed E-state index contributed by atoms with van der Waals surface area (Å²) >= 11 is 6.10. The monoisotopic (exact) mass is 330 g/mol. The molecule has 21 heavy (non-hydrogen) atoms. The van der Waals surface area contributed by atoms with Crippen LogP contribution in [0.2, 0.25) is 5.02 Å². The Hall–Kier alpha value is -1.48. The molecule has 0 amide bonds. The van der Waals surface area contributed by atoms with Crippen molar-refractivity contribution in [1.82, 2.24) is 20.2 Å². The number of hydrogen-bond acceptors (Lipinski definition) is 6. The van der Waals surface area contributed by atoms with Crippen molar-refractivity contribution in [2.75, 3.05) is 6.54 Å². The van der Waals surface area contributed by atoms with Gasteiger partial charge in [0.1, 0.15) is 0 Å². The molecule has 0 saturated heterocycles. The summed E-state index contributed by atoms with van der Waals surface area (Å²) < 4.78 is 31.2. The molecule has 0 aliphatic heterocycles. The van der Waals surface area contributed by atoms with Gasteiger partial charge in [-0.05, 0) is 24.2 Å². The normalized spacial score (nSPS) is 11.7. The third kappa shape index (κ3) is 4.24. The summed E-state index contributed by atoms with van der Waals surface area (Å²) in [5.41, 5.74) is 0.843. The molecule has 0 aliphatic rings. The Morgan fingerprint density at radius 3 is 2.76 bits per heavy atom. The van der Waals surface area contributed by atoms with Crippen LogP contribution in [-0.2, 0) is 23.1 Å². The SMILES string of the molecule is CCNCc1ccc(S(=O)(=O)NCc2ncon2)cc1Cl. The Morgan fingerprint density at radius 2 is 2.14 bits per heavy atom. The average Bonchev–Trinajstić information content (AvgIpc) is 2.97. The summed E-state index contributed by atoms with van der Waals surface area (Å²) in [5, 5.41) is 7.06. The molecule has 0 radical (unpaired) electrons. The first kappa shape index (κ1) is 15.9. The van der Waals surface area contributed by atoms with Crippen molar-refractivity contribution in [1.29, 1.82) is 0 Å². The fourth-order valence-electron chi connectivity index (χ4n) is 1.61. The average molecular weight is 331 g/mol. The maximum Gasteiger partial charge on any atom is 0.241 e. The smallest absolute Gasteiger partial charge is 0.241 e. The van der Waals surface area contributed by atoms with Gasteiger partial charge in [0.2, 0.25) is 16.4 Å². The lowest BCUT2D eigenvalue weighted by molar-refractivity contribution is 0.409. The van der Waals surface area contributed by atoms with E-state index in [9.17, 15) is 8.42 Å². The molecular weight excluding hydrogens is 316 g/mol. The van der Waals surface area contributed by atoms with Crippen LogP contribution in [0.4, 0.5) is 0 Å². The van der Waals surface area contributed by atoms with Crippen LogP contribution >= 0.6 is 11.6 Å². The van der Waals surface area contributed by atoms with Gasteiger partial charge in [-0.3, -0.25) is 0 Å². The van der Waals surface area contributed by atoms with E-state index in [4.69, 9.17) is 11.6 Å². The maximum atomic E-state index is 12.1. The molecule has 0 spiro atoms. The summed E-state index contributed by atoms with van der Waals surface area (Å²) in [4.78, 5) is 3.83. The third-order valence-electron chi connectivity index (χ3n) is 2.73. The lowest BCUT2D eigenvalue weighted by atomic mass is 10.2. The van der Waals surface area contributed by atoms with Crippen molar-refractivity contribution in [2.45, 2.75) is 24.9 Å². The number of rotatable bonds is 7. The number of aromatic nitrogens is 2. The van der Waals surface area contributed by atoms with Crippen LogP contribution in [-0.4, -0.2) is 25.1 Å². The number of nitrogens with one attached hydrogen (secondary N) is 2. The van der Waals surface area contributed by atoms with Crippen LogP contribution in [0.3, 0.4) is 0 Å². The first-order valence-electron chi connectivity index (χ1n) is 6.27. The van der Waals surface area contributed by atoms with Crippen LogP contribution < -0.4 is 10.0 Å². The van der Waals surface area contributed by atoms with Crippen LogP contribution in [0, 0.1) is 0 Å². The minimum absolute atomic E-state index is 0.0460. The van der Waals surface area contributed by atoms with E-state index in [0.717, 1.165) is 18.5 Å². The lowest BCUT2D eigenvalue weighted by Gasteiger charge is -2.09. The molecule has 1 heterocycles. The second kappa shape index (κ2) is 6.99. The molecule has 0 unspecified atom stereocenters. The van der Waals surface area contributed by atoms with Gasteiger partial charge in [0, 0.05) is 11.6 Å². The highest BCUT2D eigenvalue weighted by Crippen LogP contribution is 2.20. The van der Waals surface area contributed by atoms with E-state index in [1.54, 1.807) is 6.07 Å². The topological polar surface area (TPSA) is 97.1 Å². The van der Waals surface area contributed by atoms with E-state index in [1.807, 2.05) is 6.92 Å². The number of sulfonamides is 1. The molecule has 2 N–H and O–H groups in total. The van der Waals surface area contributed by atoms with Gasteiger partial charge < -0.3 is 9.84 Å². The summed E-state index contributed by atoms with van der Waals surface area (Å²) in [5.74, 6) is 0.258. The zero-order valence-electron chi connectivity index (χ0n) is 11.3. The third-order valence-corrected chi connectivity index (χ3v) is 4.48.